The lowest BCUT2D eigenvalue weighted by molar-refractivity contribution is -0.142. The van der Waals surface area contributed by atoms with Crippen molar-refractivity contribution in [1.29, 1.82) is 0 Å². The minimum absolute atomic E-state index is 0.258. The van der Waals surface area contributed by atoms with Crippen molar-refractivity contribution in [1.82, 2.24) is 14.1 Å². The van der Waals surface area contributed by atoms with Gasteiger partial charge < -0.3 is 10.4 Å². The highest BCUT2D eigenvalue weighted by Gasteiger charge is 2.31. The van der Waals surface area contributed by atoms with Gasteiger partial charge in [0.15, 0.2) is 5.69 Å². The van der Waals surface area contributed by atoms with E-state index in [9.17, 15) is 14.7 Å². The Morgan fingerprint density at radius 3 is 2.78 bits per heavy atom. The minimum Gasteiger partial charge on any atom is -0.481 e. The summed E-state index contributed by atoms with van der Waals surface area (Å²) < 4.78 is 7.61. The van der Waals surface area contributed by atoms with E-state index in [-0.39, 0.29) is 17.6 Å². The van der Waals surface area contributed by atoms with Crippen LogP contribution in [-0.2, 0) is 4.79 Å². The molecule has 1 aliphatic rings. The molecule has 0 spiro atoms. The van der Waals surface area contributed by atoms with Gasteiger partial charge in [-0.2, -0.15) is 8.75 Å². The minimum atomic E-state index is -0.835. The summed E-state index contributed by atoms with van der Waals surface area (Å²) in [7, 11) is 0. The number of nitrogens with one attached hydrogen (secondary N) is 1. The van der Waals surface area contributed by atoms with Gasteiger partial charge in [-0.3, -0.25) is 9.59 Å². The van der Waals surface area contributed by atoms with Gasteiger partial charge in [-0.1, -0.05) is 19.3 Å². The van der Waals surface area contributed by atoms with Crippen LogP contribution in [0.25, 0.3) is 0 Å². The Hall–Kier alpha value is -1.50. The van der Waals surface area contributed by atoms with E-state index in [4.69, 9.17) is 0 Å². The summed E-state index contributed by atoms with van der Waals surface area (Å²) in [5.74, 6) is -1.66. The average Bonchev–Trinajstić information content (AvgIpc) is 2.77. The number of hydrogen-bond acceptors (Lipinski definition) is 5. The van der Waals surface area contributed by atoms with E-state index in [1.807, 2.05) is 0 Å². The van der Waals surface area contributed by atoms with Crippen LogP contribution in [0.3, 0.4) is 0 Å². The van der Waals surface area contributed by atoms with Crippen molar-refractivity contribution in [3.63, 3.8) is 0 Å². The highest BCUT2D eigenvalue weighted by Crippen LogP contribution is 2.24. The number of aliphatic carboxylic acids is 1. The zero-order valence-corrected chi connectivity index (χ0v) is 10.7. The van der Waals surface area contributed by atoms with Crippen molar-refractivity contribution in [2.45, 2.75) is 38.1 Å². The molecule has 0 radical (unpaired) electrons. The lowest BCUT2D eigenvalue weighted by Gasteiger charge is -2.22. The molecule has 1 aliphatic carbocycles. The van der Waals surface area contributed by atoms with Crippen LogP contribution >= 0.6 is 11.7 Å². The van der Waals surface area contributed by atoms with Crippen molar-refractivity contribution in [3.05, 3.63) is 11.9 Å². The molecule has 1 amide bonds. The molecule has 1 fully saturated rings. The van der Waals surface area contributed by atoms with Crippen molar-refractivity contribution < 1.29 is 14.7 Å². The van der Waals surface area contributed by atoms with Gasteiger partial charge in [0.2, 0.25) is 0 Å². The van der Waals surface area contributed by atoms with Gasteiger partial charge >= 0.3 is 5.97 Å². The lowest BCUT2D eigenvalue weighted by Crippen LogP contribution is -2.42. The SMILES string of the molecule is O=C(N[C@H]1CCCCC[C@H]1C(=O)O)c1cnsn1. The lowest BCUT2D eigenvalue weighted by atomic mass is 9.95. The molecule has 0 unspecified atom stereocenters. The molecule has 1 aromatic rings. The number of amides is 1. The van der Waals surface area contributed by atoms with E-state index < -0.39 is 11.9 Å². The second-order valence-corrected chi connectivity index (χ2v) is 5.01. The number of nitrogens with zero attached hydrogens (tertiary/aromatic N) is 2. The van der Waals surface area contributed by atoms with Crippen LogP contribution in [0.4, 0.5) is 0 Å². The second-order valence-electron chi connectivity index (χ2n) is 4.46. The first kappa shape index (κ1) is 12.9. The van der Waals surface area contributed by atoms with Crippen molar-refractivity contribution in [3.8, 4) is 0 Å². The monoisotopic (exact) mass is 269 g/mol. The van der Waals surface area contributed by atoms with Gasteiger partial charge in [-0.15, -0.1) is 0 Å². The van der Waals surface area contributed by atoms with E-state index in [0.29, 0.717) is 12.8 Å². The molecule has 0 saturated heterocycles. The molecule has 98 valence electrons. The molecule has 2 rings (SSSR count). The number of rotatable bonds is 3. The molecule has 6 nitrogen and oxygen atoms in total. The summed E-state index contributed by atoms with van der Waals surface area (Å²) in [4.78, 5) is 23.1. The fraction of sp³-hybridized carbons (Fsp3) is 0.636. The van der Waals surface area contributed by atoms with Gasteiger partial charge in [-0.25, -0.2) is 0 Å². The zero-order chi connectivity index (χ0) is 13.0. The summed E-state index contributed by atoms with van der Waals surface area (Å²) in [6.07, 6.45) is 5.60. The molecule has 1 aromatic heterocycles. The molecule has 7 heteroatoms. The molecule has 0 aliphatic heterocycles. The topological polar surface area (TPSA) is 92.2 Å². The molecular weight excluding hydrogens is 254 g/mol. The van der Waals surface area contributed by atoms with Gasteiger partial charge in [0.1, 0.15) is 0 Å². The van der Waals surface area contributed by atoms with Crippen molar-refractivity contribution >= 4 is 23.6 Å². The Kier molecular flexibility index (Phi) is 4.24. The van der Waals surface area contributed by atoms with Crippen LogP contribution in [0.2, 0.25) is 0 Å². The van der Waals surface area contributed by atoms with E-state index in [1.165, 1.54) is 6.20 Å². The van der Waals surface area contributed by atoms with Gasteiger partial charge in [0.25, 0.3) is 5.91 Å². The Morgan fingerprint density at radius 1 is 1.33 bits per heavy atom. The summed E-state index contributed by atoms with van der Waals surface area (Å²) in [6.45, 7) is 0. The summed E-state index contributed by atoms with van der Waals surface area (Å²) in [6, 6.07) is -0.306. The van der Waals surface area contributed by atoms with Gasteiger partial charge in [-0.05, 0) is 12.8 Å². The third kappa shape index (κ3) is 3.04. The molecule has 2 N–H and O–H groups in total. The zero-order valence-electron chi connectivity index (χ0n) is 9.83. The Bertz CT molecular complexity index is 421. The van der Waals surface area contributed by atoms with Gasteiger partial charge in [0, 0.05) is 6.04 Å². The second kappa shape index (κ2) is 5.90. The fourth-order valence-electron chi connectivity index (χ4n) is 2.28. The molecule has 2 atom stereocenters. The van der Waals surface area contributed by atoms with E-state index >= 15 is 0 Å². The number of aromatic nitrogens is 2. The van der Waals surface area contributed by atoms with Crippen LogP contribution in [0.1, 0.15) is 42.6 Å². The van der Waals surface area contributed by atoms with E-state index in [2.05, 4.69) is 14.1 Å². The summed E-state index contributed by atoms with van der Waals surface area (Å²) in [5, 5.41) is 12.0. The largest absolute Gasteiger partial charge is 0.481 e. The van der Waals surface area contributed by atoms with Crippen LogP contribution in [0.5, 0.6) is 0 Å². The third-order valence-electron chi connectivity index (χ3n) is 3.24. The Morgan fingerprint density at radius 2 is 2.11 bits per heavy atom. The third-order valence-corrected chi connectivity index (χ3v) is 3.72. The fourth-order valence-corrected chi connectivity index (χ4v) is 2.70. The predicted octanol–water partition coefficient (Wildman–Crippen LogP) is 1.30. The summed E-state index contributed by atoms with van der Waals surface area (Å²) >= 11 is 0.964. The molecule has 18 heavy (non-hydrogen) atoms. The van der Waals surface area contributed by atoms with Crippen molar-refractivity contribution in [2.75, 3.05) is 0 Å². The number of carboxylic acids is 1. The number of carbonyl (C=O) groups is 2. The van der Waals surface area contributed by atoms with E-state index in [0.717, 1.165) is 31.0 Å². The van der Waals surface area contributed by atoms with Crippen molar-refractivity contribution in [2.24, 2.45) is 5.92 Å². The average molecular weight is 269 g/mol. The maximum atomic E-state index is 11.9. The molecular formula is C11H15N3O3S. The smallest absolute Gasteiger partial charge is 0.308 e. The maximum absolute atomic E-state index is 11.9. The predicted molar refractivity (Wildman–Crippen MR) is 65.4 cm³/mol. The first-order valence-corrected chi connectivity index (χ1v) is 6.72. The first-order valence-electron chi connectivity index (χ1n) is 5.99. The van der Waals surface area contributed by atoms with Crippen LogP contribution in [0.15, 0.2) is 6.20 Å². The summed E-state index contributed by atoms with van der Waals surface area (Å²) in [5.41, 5.74) is 0.258. The first-order chi connectivity index (χ1) is 8.68. The highest BCUT2D eigenvalue weighted by molar-refractivity contribution is 6.99. The number of hydrogen-bond donors (Lipinski definition) is 2. The Balaban J connectivity index is 2.04. The number of carbonyl (C=O) groups excluding carboxylic acids is 1. The molecule has 1 saturated carbocycles. The highest BCUT2D eigenvalue weighted by atomic mass is 32.1. The Labute approximate surface area is 109 Å². The number of carboxylic acid groups (broad SMARTS) is 1. The van der Waals surface area contributed by atoms with Crippen LogP contribution < -0.4 is 5.32 Å². The molecule has 0 bridgehead atoms. The van der Waals surface area contributed by atoms with Gasteiger partial charge in [0.05, 0.1) is 23.8 Å². The van der Waals surface area contributed by atoms with Crippen LogP contribution in [0, 0.1) is 5.92 Å². The quantitative estimate of drug-likeness (QED) is 0.807. The molecule has 0 aromatic carbocycles. The normalized spacial score (nSPS) is 24.2. The maximum Gasteiger partial charge on any atom is 0.308 e. The van der Waals surface area contributed by atoms with Crippen LogP contribution in [-0.4, -0.2) is 31.8 Å². The molecule has 1 heterocycles. The van der Waals surface area contributed by atoms with E-state index in [1.54, 1.807) is 0 Å². The standard InChI is InChI=1S/C11H15N3O3S/c15-10(9-6-12-18-14-9)13-8-5-3-1-2-4-7(8)11(16)17/h6-8H,1-5H2,(H,13,15)(H,16,17)/t7-,8+/m1/s1.